The Hall–Kier alpha value is -1.25. The topological polar surface area (TPSA) is 12.0 Å². The third-order valence-corrected chi connectivity index (χ3v) is 9.94. The summed E-state index contributed by atoms with van der Waals surface area (Å²) >= 11 is 2.03. The van der Waals surface area contributed by atoms with Crippen molar-refractivity contribution in [3.63, 3.8) is 0 Å². The van der Waals surface area contributed by atoms with E-state index < -0.39 is 0 Å². The predicted octanol–water partition coefficient (Wildman–Crippen LogP) is 8.42. The fraction of sp³-hybridized carbons (Fsp3) is 0.600. The van der Waals surface area contributed by atoms with Crippen molar-refractivity contribution in [2.45, 2.75) is 103 Å². The van der Waals surface area contributed by atoms with Gasteiger partial charge in [-0.15, -0.1) is 11.8 Å². The molecule has 0 amide bonds. The van der Waals surface area contributed by atoms with Crippen molar-refractivity contribution in [3.05, 3.63) is 70.8 Å². The Kier molecular flexibility index (Phi) is 8.92. The second kappa shape index (κ2) is 11.3. The molecule has 1 N–H and O–H groups in total. The molecule has 1 heterocycles. The second-order valence-electron chi connectivity index (χ2n) is 9.73. The third-order valence-electron chi connectivity index (χ3n) is 8.97. The van der Waals surface area contributed by atoms with Crippen LogP contribution in [0.25, 0.3) is 0 Å². The van der Waals surface area contributed by atoms with Gasteiger partial charge in [-0.3, -0.25) is 0 Å². The Bertz CT molecular complexity index is 729. The molecule has 1 aliphatic heterocycles. The maximum Gasteiger partial charge on any atom is 0.0421 e. The Morgan fingerprint density at radius 2 is 1.06 bits per heavy atom. The van der Waals surface area contributed by atoms with Crippen molar-refractivity contribution in [3.8, 4) is 0 Å². The molecule has 176 valence electrons. The fourth-order valence-corrected chi connectivity index (χ4v) is 7.11. The summed E-state index contributed by atoms with van der Waals surface area (Å²) < 4.78 is 0. The summed E-state index contributed by atoms with van der Waals surface area (Å²) in [4.78, 5) is 0. The van der Waals surface area contributed by atoms with Crippen molar-refractivity contribution in [2.24, 2.45) is 0 Å². The lowest BCUT2D eigenvalue weighted by Gasteiger charge is -2.33. The molecule has 1 atom stereocenters. The van der Waals surface area contributed by atoms with Gasteiger partial charge in [-0.05, 0) is 71.6 Å². The van der Waals surface area contributed by atoms with E-state index in [1.54, 1.807) is 0 Å². The Balaban J connectivity index is 1.96. The van der Waals surface area contributed by atoms with Crippen LogP contribution in [0.4, 0.5) is 0 Å². The van der Waals surface area contributed by atoms with Gasteiger partial charge < -0.3 is 5.32 Å². The normalized spacial score (nSPS) is 17.3. The number of hydrogen-bond donors (Lipinski definition) is 1. The fourth-order valence-electron chi connectivity index (χ4n) is 6.09. The van der Waals surface area contributed by atoms with E-state index in [1.807, 2.05) is 11.8 Å². The minimum atomic E-state index is 0.320. The Labute approximate surface area is 202 Å². The predicted molar refractivity (Wildman–Crippen MR) is 144 cm³/mol. The van der Waals surface area contributed by atoms with Gasteiger partial charge in [-0.25, -0.2) is 0 Å². The monoisotopic (exact) mass is 451 g/mol. The highest BCUT2D eigenvalue weighted by atomic mass is 32.2. The van der Waals surface area contributed by atoms with Crippen molar-refractivity contribution in [1.29, 1.82) is 0 Å². The zero-order valence-corrected chi connectivity index (χ0v) is 22.2. The van der Waals surface area contributed by atoms with Gasteiger partial charge in [-0.2, -0.15) is 0 Å². The largest absolute Gasteiger partial charge is 0.303 e. The molecule has 1 saturated heterocycles. The zero-order chi connectivity index (χ0) is 23.2. The summed E-state index contributed by atoms with van der Waals surface area (Å²) in [5, 5.41) is 3.77. The van der Waals surface area contributed by atoms with Gasteiger partial charge >= 0.3 is 0 Å². The van der Waals surface area contributed by atoms with Gasteiger partial charge in [0.05, 0.1) is 0 Å². The van der Waals surface area contributed by atoms with Crippen LogP contribution < -0.4 is 5.32 Å². The van der Waals surface area contributed by atoms with E-state index in [1.165, 1.54) is 66.5 Å². The average molecular weight is 452 g/mol. The summed E-state index contributed by atoms with van der Waals surface area (Å²) in [7, 11) is 0. The van der Waals surface area contributed by atoms with Crippen LogP contribution in [0.15, 0.2) is 48.5 Å². The molecule has 0 unspecified atom stereocenters. The van der Waals surface area contributed by atoms with Gasteiger partial charge in [0.25, 0.3) is 0 Å². The van der Waals surface area contributed by atoms with Crippen LogP contribution in [-0.4, -0.2) is 17.7 Å². The van der Waals surface area contributed by atoms with E-state index in [-0.39, 0.29) is 0 Å². The van der Waals surface area contributed by atoms with E-state index in [0.717, 1.165) is 5.88 Å². The molecular weight excluding hydrogens is 406 g/mol. The minimum Gasteiger partial charge on any atom is -0.303 e. The standard InChI is InChI=1S/C30H45NS/c1-7-29(8-2,9-3)25-17-13-23(14-18-25)28(27-21-32-22-31-27)24-15-19-26(20-16-24)30(10-4,11-5)12-6/h13-20,27-28,31H,7-12,21-22H2,1-6H3/t27-/m0/s1. The van der Waals surface area contributed by atoms with Crippen LogP contribution in [0, 0.1) is 0 Å². The molecule has 32 heavy (non-hydrogen) atoms. The van der Waals surface area contributed by atoms with Gasteiger partial charge in [-0.1, -0.05) is 90.1 Å². The summed E-state index contributed by atoms with van der Waals surface area (Å²) in [5.41, 5.74) is 6.56. The van der Waals surface area contributed by atoms with Crippen LogP contribution in [-0.2, 0) is 10.8 Å². The van der Waals surface area contributed by atoms with Gasteiger partial charge in [0, 0.05) is 23.6 Å². The highest BCUT2D eigenvalue weighted by molar-refractivity contribution is 7.99. The van der Waals surface area contributed by atoms with E-state index in [9.17, 15) is 0 Å². The summed E-state index contributed by atoms with van der Waals surface area (Å²) in [6.07, 6.45) is 7.24. The first-order chi connectivity index (χ1) is 15.5. The van der Waals surface area contributed by atoms with E-state index in [0.29, 0.717) is 22.8 Å². The van der Waals surface area contributed by atoms with Gasteiger partial charge in [0.2, 0.25) is 0 Å². The van der Waals surface area contributed by atoms with Crippen molar-refractivity contribution >= 4 is 11.8 Å². The number of hydrogen-bond acceptors (Lipinski definition) is 2. The average Bonchev–Trinajstić information content (AvgIpc) is 3.38. The van der Waals surface area contributed by atoms with Gasteiger partial charge in [0.15, 0.2) is 0 Å². The summed E-state index contributed by atoms with van der Waals surface area (Å²) in [6, 6.07) is 19.9. The first kappa shape index (κ1) is 25.4. The smallest absolute Gasteiger partial charge is 0.0421 e. The van der Waals surface area contributed by atoms with Crippen LogP contribution in [0.2, 0.25) is 0 Å². The molecule has 1 nitrogen and oxygen atoms in total. The molecule has 2 heteroatoms. The molecule has 1 aliphatic rings. The van der Waals surface area contributed by atoms with E-state index in [4.69, 9.17) is 0 Å². The maximum absolute atomic E-state index is 3.77. The van der Waals surface area contributed by atoms with Crippen molar-refractivity contribution in [1.82, 2.24) is 5.32 Å². The molecule has 2 aromatic rings. The minimum absolute atomic E-state index is 0.320. The van der Waals surface area contributed by atoms with Crippen LogP contribution in [0.3, 0.4) is 0 Å². The maximum atomic E-state index is 3.77. The molecule has 0 radical (unpaired) electrons. The van der Waals surface area contributed by atoms with E-state index in [2.05, 4.69) is 95.4 Å². The molecule has 2 aromatic carbocycles. The van der Waals surface area contributed by atoms with Crippen molar-refractivity contribution in [2.75, 3.05) is 11.6 Å². The number of nitrogens with one attached hydrogen (secondary N) is 1. The number of rotatable bonds is 11. The quantitative estimate of drug-likeness (QED) is 0.368. The lowest BCUT2D eigenvalue weighted by Crippen LogP contribution is -2.32. The van der Waals surface area contributed by atoms with Crippen molar-refractivity contribution < 1.29 is 0 Å². The van der Waals surface area contributed by atoms with Crippen LogP contribution >= 0.6 is 11.8 Å². The Morgan fingerprint density at radius 3 is 1.34 bits per heavy atom. The SMILES string of the molecule is CCC(CC)(CC)c1ccc(C(c2ccc(C(CC)(CC)CC)cc2)[C@@H]2CSCN2)cc1. The number of benzene rings is 2. The number of thioether (sulfide) groups is 1. The molecule has 0 aliphatic carbocycles. The lowest BCUT2D eigenvalue weighted by atomic mass is 9.72. The molecule has 0 saturated carbocycles. The lowest BCUT2D eigenvalue weighted by molar-refractivity contribution is 0.381. The zero-order valence-electron chi connectivity index (χ0n) is 21.3. The van der Waals surface area contributed by atoms with Crippen LogP contribution in [0.5, 0.6) is 0 Å². The van der Waals surface area contributed by atoms with Gasteiger partial charge in [0.1, 0.15) is 0 Å². The molecule has 3 rings (SSSR count). The highest BCUT2D eigenvalue weighted by Crippen LogP contribution is 2.39. The summed E-state index contributed by atoms with van der Waals surface area (Å²) in [5.74, 6) is 2.65. The second-order valence-corrected chi connectivity index (χ2v) is 10.8. The first-order valence-corrected chi connectivity index (χ1v) is 14.2. The third kappa shape index (κ3) is 4.82. The molecule has 0 spiro atoms. The van der Waals surface area contributed by atoms with Crippen LogP contribution in [0.1, 0.15) is 108 Å². The first-order valence-electron chi connectivity index (χ1n) is 13.0. The summed E-state index contributed by atoms with van der Waals surface area (Å²) in [6.45, 7) is 14.0. The molecule has 1 fully saturated rings. The molecule has 0 bridgehead atoms. The molecular formula is C30H45NS. The van der Waals surface area contributed by atoms with E-state index >= 15 is 0 Å². The highest BCUT2D eigenvalue weighted by Gasteiger charge is 2.31. The molecule has 0 aromatic heterocycles. The Morgan fingerprint density at radius 1 is 0.688 bits per heavy atom.